The van der Waals surface area contributed by atoms with Crippen LogP contribution >= 0.6 is 31.9 Å². The highest BCUT2D eigenvalue weighted by atomic mass is 79.9. The van der Waals surface area contributed by atoms with Gasteiger partial charge < -0.3 is 0 Å². The molecule has 0 bridgehead atoms. The molecule has 7 heteroatoms. The maximum atomic E-state index is 12.4. The maximum Gasteiger partial charge on any atom is 0.416 e. The van der Waals surface area contributed by atoms with E-state index in [1.54, 1.807) is 0 Å². The fraction of sp³-hybridized carbons (Fsp3) is 0.250. The number of alkyl halides is 5. The van der Waals surface area contributed by atoms with E-state index in [-0.39, 0.29) is 8.95 Å². The van der Waals surface area contributed by atoms with Crippen molar-refractivity contribution < 1.29 is 22.0 Å². The summed E-state index contributed by atoms with van der Waals surface area (Å²) < 4.78 is 61.8. The van der Waals surface area contributed by atoms with Gasteiger partial charge in [0.15, 0.2) is 0 Å². The Morgan fingerprint density at radius 2 is 1.60 bits per heavy atom. The minimum atomic E-state index is -4.79. The minimum Gasteiger partial charge on any atom is -0.205 e. The number of hydrogen-bond donors (Lipinski definition) is 0. The quantitative estimate of drug-likeness (QED) is 0.611. The molecule has 0 aliphatic heterocycles. The highest BCUT2D eigenvalue weighted by molar-refractivity contribution is 9.11. The Kier molecular flexibility index (Phi) is 3.76. The van der Waals surface area contributed by atoms with Crippen molar-refractivity contribution in [2.24, 2.45) is 0 Å². The first-order valence-electron chi connectivity index (χ1n) is 3.57. The molecule has 15 heavy (non-hydrogen) atoms. The zero-order valence-electron chi connectivity index (χ0n) is 6.88. The van der Waals surface area contributed by atoms with Crippen molar-refractivity contribution in [2.75, 3.05) is 0 Å². The molecule has 84 valence electrons. The fourth-order valence-electron chi connectivity index (χ4n) is 1.04. The molecule has 0 saturated carbocycles. The zero-order valence-corrected chi connectivity index (χ0v) is 10.0. The van der Waals surface area contributed by atoms with Gasteiger partial charge in [-0.2, -0.15) is 13.2 Å². The summed E-state index contributed by atoms with van der Waals surface area (Å²) in [4.78, 5) is 0. The molecule has 0 radical (unpaired) electrons. The Morgan fingerprint density at radius 3 is 2.00 bits per heavy atom. The summed E-state index contributed by atoms with van der Waals surface area (Å²) in [6.45, 7) is 0. The summed E-state index contributed by atoms with van der Waals surface area (Å²) in [5.41, 5.74) is -2.37. The van der Waals surface area contributed by atoms with Crippen LogP contribution in [-0.2, 0) is 6.18 Å². The normalized spacial score (nSPS) is 12.3. The monoisotopic (exact) mass is 352 g/mol. The van der Waals surface area contributed by atoms with Gasteiger partial charge in [-0.25, -0.2) is 8.78 Å². The highest BCUT2D eigenvalue weighted by Gasteiger charge is 2.37. The molecule has 0 fully saturated rings. The predicted molar refractivity (Wildman–Crippen MR) is 51.8 cm³/mol. The van der Waals surface area contributed by atoms with Crippen molar-refractivity contribution in [3.8, 4) is 0 Å². The van der Waals surface area contributed by atoms with Gasteiger partial charge in [0.25, 0.3) is 6.43 Å². The van der Waals surface area contributed by atoms with Crippen LogP contribution in [0, 0.1) is 0 Å². The average Bonchev–Trinajstić information content (AvgIpc) is 1.99. The van der Waals surface area contributed by atoms with Gasteiger partial charge >= 0.3 is 6.18 Å². The van der Waals surface area contributed by atoms with E-state index in [0.29, 0.717) is 6.07 Å². The molecule has 0 N–H and O–H groups in total. The molecule has 0 aromatic heterocycles. The molecule has 0 unspecified atom stereocenters. The van der Waals surface area contributed by atoms with Crippen molar-refractivity contribution in [3.05, 3.63) is 32.2 Å². The summed E-state index contributed by atoms with van der Waals surface area (Å²) in [6.07, 6.45) is -7.97. The summed E-state index contributed by atoms with van der Waals surface area (Å²) in [5, 5.41) is 0. The van der Waals surface area contributed by atoms with E-state index in [4.69, 9.17) is 0 Å². The van der Waals surface area contributed by atoms with Gasteiger partial charge in [0.05, 0.1) is 5.56 Å². The van der Waals surface area contributed by atoms with Crippen LogP contribution in [0.1, 0.15) is 17.6 Å². The number of halogens is 7. The van der Waals surface area contributed by atoms with E-state index in [9.17, 15) is 22.0 Å². The average molecular weight is 354 g/mol. The second-order valence-electron chi connectivity index (χ2n) is 2.65. The van der Waals surface area contributed by atoms with Gasteiger partial charge in [-0.3, -0.25) is 0 Å². The fourth-order valence-corrected chi connectivity index (χ4v) is 2.44. The van der Waals surface area contributed by atoms with Crippen molar-refractivity contribution in [2.45, 2.75) is 12.6 Å². The molecule has 0 aliphatic carbocycles. The van der Waals surface area contributed by atoms with Crippen LogP contribution in [0.3, 0.4) is 0 Å². The Bertz CT molecular complexity index is 372. The number of hydrogen-bond acceptors (Lipinski definition) is 0. The van der Waals surface area contributed by atoms with Crippen molar-refractivity contribution in [1.29, 1.82) is 0 Å². The van der Waals surface area contributed by atoms with E-state index < -0.39 is 23.7 Å². The second-order valence-corrected chi connectivity index (χ2v) is 4.42. The Morgan fingerprint density at radius 1 is 1.07 bits per heavy atom. The molecule has 0 atom stereocenters. The first-order chi connectivity index (χ1) is 6.73. The third-order valence-electron chi connectivity index (χ3n) is 1.62. The summed E-state index contributed by atoms with van der Waals surface area (Å²) >= 11 is 5.49. The van der Waals surface area contributed by atoms with Crippen LogP contribution in [0.15, 0.2) is 21.1 Å². The van der Waals surface area contributed by atoms with E-state index in [1.807, 2.05) is 0 Å². The van der Waals surface area contributed by atoms with Crippen LogP contribution in [0.2, 0.25) is 0 Å². The molecule has 1 aromatic carbocycles. The van der Waals surface area contributed by atoms with Gasteiger partial charge in [-0.15, -0.1) is 0 Å². The summed E-state index contributed by atoms with van der Waals surface area (Å²) in [6, 6.07) is 1.78. The minimum absolute atomic E-state index is 0.0890. The lowest BCUT2D eigenvalue weighted by molar-refractivity contribution is -0.139. The lowest BCUT2D eigenvalue weighted by atomic mass is 10.1. The van der Waals surface area contributed by atoms with Gasteiger partial charge in [0.1, 0.15) is 0 Å². The van der Waals surface area contributed by atoms with Crippen molar-refractivity contribution in [1.82, 2.24) is 0 Å². The van der Waals surface area contributed by atoms with Crippen molar-refractivity contribution >= 4 is 31.9 Å². The first-order valence-corrected chi connectivity index (χ1v) is 5.16. The van der Waals surface area contributed by atoms with Gasteiger partial charge in [-0.05, 0) is 12.1 Å². The first kappa shape index (κ1) is 12.9. The van der Waals surface area contributed by atoms with Gasteiger partial charge in [-0.1, -0.05) is 31.9 Å². The second kappa shape index (κ2) is 4.37. The highest BCUT2D eigenvalue weighted by Crippen LogP contribution is 2.41. The Balaban J connectivity index is 3.47. The SMILES string of the molecule is FC(F)c1c(Br)cc(Br)cc1C(F)(F)F. The zero-order chi connectivity index (χ0) is 11.8. The Hall–Kier alpha value is -0.170. The maximum absolute atomic E-state index is 12.4. The topological polar surface area (TPSA) is 0 Å². The standard InChI is InChI=1S/C8H3Br2F5/c9-3-1-4(8(13,14)15)6(7(11)12)5(10)2-3/h1-2,7H. The molecular weight excluding hydrogens is 351 g/mol. The largest absolute Gasteiger partial charge is 0.416 e. The number of rotatable bonds is 1. The third-order valence-corrected chi connectivity index (χ3v) is 2.73. The molecule has 0 amide bonds. The van der Waals surface area contributed by atoms with Crippen molar-refractivity contribution in [3.63, 3.8) is 0 Å². The van der Waals surface area contributed by atoms with Crippen LogP contribution in [-0.4, -0.2) is 0 Å². The third kappa shape index (κ3) is 2.90. The van der Waals surface area contributed by atoms with Gasteiger partial charge in [0, 0.05) is 14.5 Å². The van der Waals surface area contributed by atoms with Crippen LogP contribution < -0.4 is 0 Å². The van der Waals surface area contributed by atoms with E-state index in [1.165, 1.54) is 0 Å². The number of benzene rings is 1. The predicted octanol–water partition coefficient (Wildman–Crippen LogP) is 5.17. The lowest BCUT2D eigenvalue weighted by Gasteiger charge is -2.14. The van der Waals surface area contributed by atoms with E-state index in [2.05, 4.69) is 31.9 Å². The van der Waals surface area contributed by atoms with Crippen LogP contribution in [0.5, 0.6) is 0 Å². The molecule has 0 spiro atoms. The molecule has 0 nitrogen and oxygen atoms in total. The van der Waals surface area contributed by atoms with E-state index in [0.717, 1.165) is 6.07 Å². The van der Waals surface area contributed by atoms with Gasteiger partial charge in [0.2, 0.25) is 0 Å². The Labute approximate surface area is 98.7 Å². The summed E-state index contributed by atoms with van der Waals surface area (Å²) in [7, 11) is 0. The molecule has 0 saturated heterocycles. The van der Waals surface area contributed by atoms with E-state index >= 15 is 0 Å². The summed E-state index contributed by atoms with van der Waals surface area (Å²) in [5.74, 6) is 0. The molecule has 0 aliphatic rings. The lowest BCUT2D eigenvalue weighted by Crippen LogP contribution is -2.10. The molecule has 1 aromatic rings. The molecule has 1 rings (SSSR count). The van der Waals surface area contributed by atoms with Crippen LogP contribution in [0.4, 0.5) is 22.0 Å². The molecular formula is C8H3Br2F5. The molecule has 0 heterocycles. The smallest absolute Gasteiger partial charge is 0.205 e. The van der Waals surface area contributed by atoms with Crippen LogP contribution in [0.25, 0.3) is 0 Å².